The summed E-state index contributed by atoms with van der Waals surface area (Å²) >= 11 is 3.58. The van der Waals surface area contributed by atoms with Crippen LogP contribution in [0.1, 0.15) is 48.7 Å². The minimum absolute atomic E-state index is 0.0832. The second-order valence-electron chi connectivity index (χ2n) is 4.63. The molecule has 0 spiro atoms. The maximum atomic E-state index is 10.8. The van der Waals surface area contributed by atoms with Crippen LogP contribution in [-0.2, 0) is 0 Å². The number of carboxylic acid groups (broad SMARTS) is 1. The van der Waals surface area contributed by atoms with E-state index in [1.807, 2.05) is 12.1 Å². The van der Waals surface area contributed by atoms with E-state index < -0.39 is 5.97 Å². The molecule has 2 aromatic rings. The van der Waals surface area contributed by atoms with E-state index in [-0.39, 0.29) is 5.69 Å². The molecule has 0 bridgehead atoms. The summed E-state index contributed by atoms with van der Waals surface area (Å²) in [6.07, 6.45) is 2.17. The van der Waals surface area contributed by atoms with Crippen molar-refractivity contribution >= 4 is 21.9 Å². The van der Waals surface area contributed by atoms with E-state index in [2.05, 4.69) is 41.0 Å². The quantitative estimate of drug-likeness (QED) is 0.858. The molecule has 0 atom stereocenters. The molecular formula is C15H16BrNO3. The Balaban J connectivity index is 2.34. The molecule has 0 aliphatic heterocycles. The van der Waals surface area contributed by atoms with E-state index in [1.165, 1.54) is 11.6 Å². The highest BCUT2D eigenvalue weighted by Gasteiger charge is 2.15. The molecule has 0 fully saturated rings. The number of nitrogens with zero attached hydrogens (tertiary/aromatic N) is 1. The second-order valence-corrected chi connectivity index (χ2v) is 5.49. The Kier molecular flexibility index (Phi) is 4.60. The highest BCUT2D eigenvalue weighted by atomic mass is 79.9. The molecule has 0 aliphatic carbocycles. The first-order chi connectivity index (χ1) is 9.56. The zero-order valence-electron chi connectivity index (χ0n) is 11.4. The van der Waals surface area contributed by atoms with Crippen LogP contribution >= 0.6 is 15.9 Å². The van der Waals surface area contributed by atoms with Crippen molar-refractivity contribution in [1.29, 1.82) is 0 Å². The lowest BCUT2D eigenvalue weighted by Crippen LogP contribution is -1.96. The van der Waals surface area contributed by atoms with Gasteiger partial charge in [-0.05, 0) is 30.4 Å². The van der Waals surface area contributed by atoms with Crippen molar-refractivity contribution in [2.75, 3.05) is 0 Å². The smallest absolute Gasteiger partial charge is 0.358 e. The number of aromatic carboxylic acids is 1. The zero-order valence-corrected chi connectivity index (χ0v) is 13.0. The lowest BCUT2D eigenvalue weighted by molar-refractivity contribution is 0.0686. The Hall–Kier alpha value is -1.62. The maximum absolute atomic E-state index is 10.8. The van der Waals surface area contributed by atoms with Gasteiger partial charge < -0.3 is 9.63 Å². The van der Waals surface area contributed by atoms with Gasteiger partial charge in [0.05, 0.1) is 0 Å². The van der Waals surface area contributed by atoms with Gasteiger partial charge in [-0.25, -0.2) is 4.79 Å². The molecule has 0 radical (unpaired) electrons. The monoisotopic (exact) mass is 337 g/mol. The minimum Gasteiger partial charge on any atom is -0.476 e. The van der Waals surface area contributed by atoms with Crippen molar-refractivity contribution in [1.82, 2.24) is 5.16 Å². The number of benzene rings is 1. The second kappa shape index (κ2) is 6.22. The maximum Gasteiger partial charge on any atom is 0.358 e. The highest BCUT2D eigenvalue weighted by molar-refractivity contribution is 9.10. The summed E-state index contributed by atoms with van der Waals surface area (Å²) in [5.74, 6) is -0.116. The molecule has 1 heterocycles. The standard InChI is InChI=1S/C15H16BrNO3/c1-3-9(4-2)11-6-5-10(7-12(11)16)14-8-13(15(18)19)17-20-14/h5-9H,3-4H2,1-2H3,(H,18,19). The van der Waals surface area contributed by atoms with Gasteiger partial charge in [-0.3, -0.25) is 0 Å². The molecule has 20 heavy (non-hydrogen) atoms. The van der Waals surface area contributed by atoms with Gasteiger partial charge in [0.2, 0.25) is 0 Å². The van der Waals surface area contributed by atoms with Crippen molar-refractivity contribution in [3.05, 3.63) is 40.0 Å². The van der Waals surface area contributed by atoms with Crippen LogP contribution in [0.5, 0.6) is 0 Å². The Bertz CT molecular complexity index is 617. The van der Waals surface area contributed by atoms with Gasteiger partial charge in [-0.15, -0.1) is 0 Å². The van der Waals surface area contributed by atoms with E-state index in [0.29, 0.717) is 11.7 Å². The first-order valence-corrected chi connectivity index (χ1v) is 7.35. The van der Waals surface area contributed by atoms with Crippen LogP contribution in [0.3, 0.4) is 0 Å². The lowest BCUT2D eigenvalue weighted by Gasteiger charge is -2.15. The summed E-state index contributed by atoms with van der Waals surface area (Å²) in [5.41, 5.74) is 1.99. The topological polar surface area (TPSA) is 63.3 Å². The SMILES string of the molecule is CCC(CC)c1ccc(-c2cc(C(=O)O)no2)cc1Br. The van der Waals surface area contributed by atoms with E-state index in [1.54, 1.807) is 0 Å². The summed E-state index contributed by atoms with van der Waals surface area (Å²) < 4.78 is 6.08. The average molecular weight is 338 g/mol. The Morgan fingerprint density at radius 2 is 2.05 bits per heavy atom. The van der Waals surface area contributed by atoms with Crippen molar-refractivity contribution in [3.8, 4) is 11.3 Å². The van der Waals surface area contributed by atoms with Crippen molar-refractivity contribution in [3.63, 3.8) is 0 Å². The first kappa shape index (κ1) is 14.8. The molecule has 1 aromatic carbocycles. The van der Waals surface area contributed by atoms with Crippen molar-refractivity contribution < 1.29 is 14.4 Å². The van der Waals surface area contributed by atoms with E-state index in [9.17, 15) is 4.79 Å². The molecule has 106 valence electrons. The predicted molar refractivity (Wildman–Crippen MR) is 79.9 cm³/mol. The van der Waals surface area contributed by atoms with Crippen LogP contribution in [0, 0.1) is 0 Å². The Labute approximate surface area is 125 Å². The van der Waals surface area contributed by atoms with Gasteiger partial charge in [0.15, 0.2) is 11.5 Å². The summed E-state index contributed by atoms with van der Waals surface area (Å²) in [6.45, 7) is 4.34. The van der Waals surface area contributed by atoms with E-state index >= 15 is 0 Å². The molecule has 0 saturated carbocycles. The van der Waals surface area contributed by atoms with Crippen LogP contribution < -0.4 is 0 Å². The third-order valence-electron chi connectivity index (χ3n) is 3.44. The third kappa shape index (κ3) is 2.93. The molecule has 5 heteroatoms. The number of hydrogen-bond acceptors (Lipinski definition) is 3. The zero-order chi connectivity index (χ0) is 14.7. The molecule has 4 nitrogen and oxygen atoms in total. The number of halogens is 1. The Morgan fingerprint density at radius 1 is 1.35 bits per heavy atom. The fraction of sp³-hybridized carbons (Fsp3) is 0.333. The number of hydrogen-bond donors (Lipinski definition) is 1. The van der Waals surface area contributed by atoms with Crippen LogP contribution in [0.2, 0.25) is 0 Å². The van der Waals surface area contributed by atoms with E-state index in [0.717, 1.165) is 22.9 Å². The van der Waals surface area contributed by atoms with Crippen LogP contribution in [-0.4, -0.2) is 16.2 Å². The highest BCUT2D eigenvalue weighted by Crippen LogP contribution is 2.33. The average Bonchev–Trinajstić information content (AvgIpc) is 2.91. The number of carboxylic acids is 1. The van der Waals surface area contributed by atoms with Gasteiger partial charge >= 0.3 is 5.97 Å². The van der Waals surface area contributed by atoms with Gasteiger partial charge in [0.1, 0.15) is 0 Å². The normalized spacial score (nSPS) is 11.0. The lowest BCUT2D eigenvalue weighted by atomic mass is 9.93. The molecular weight excluding hydrogens is 322 g/mol. The Morgan fingerprint density at radius 3 is 2.55 bits per heavy atom. The summed E-state index contributed by atoms with van der Waals surface area (Å²) in [7, 11) is 0. The van der Waals surface area contributed by atoms with Gasteiger partial charge in [-0.1, -0.05) is 47.1 Å². The number of aromatic nitrogens is 1. The van der Waals surface area contributed by atoms with Crippen LogP contribution in [0.4, 0.5) is 0 Å². The summed E-state index contributed by atoms with van der Waals surface area (Å²) in [5, 5.41) is 12.4. The molecule has 0 unspecified atom stereocenters. The number of rotatable bonds is 5. The van der Waals surface area contributed by atoms with E-state index in [4.69, 9.17) is 9.63 Å². The number of carbonyl (C=O) groups is 1. The van der Waals surface area contributed by atoms with Gasteiger partial charge in [0, 0.05) is 16.1 Å². The fourth-order valence-corrected chi connectivity index (χ4v) is 2.95. The molecule has 2 rings (SSSR count). The molecule has 0 saturated heterocycles. The largest absolute Gasteiger partial charge is 0.476 e. The molecule has 1 N–H and O–H groups in total. The molecule has 0 amide bonds. The minimum atomic E-state index is -1.09. The fourth-order valence-electron chi connectivity index (χ4n) is 2.25. The van der Waals surface area contributed by atoms with Crippen LogP contribution in [0.15, 0.2) is 33.3 Å². The summed E-state index contributed by atoms with van der Waals surface area (Å²) in [4.78, 5) is 10.8. The third-order valence-corrected chi connectivity index (χ3v) is 4.13. The molecule has 0 aliphatic rings. The first-order valence-electron chi connectivity index (χ1n) is 6.56. The predicted octanol–water partition coefficient (Wildman–Crippen LogP) is 4.71. The van der Waals surface area contributed by atoms with Crippen molar-refractivity contribution in [2.45, 2.75) is 32.6 Å². The van der Waals surface area contributed by atoms with Crippen LogP contribution in [0.25, 0.3) is 11.3 Å². The van der Waals surface area contributed by atoms with Gasteiger partial charge in [-0.2, -0.15) is 0 Å². The molecule has 1 aromatic heterocycles. The van der Waals surface area contributed by atoms with Gasteiger partial charge in [0.25, 0.3) is 0 Å². The van der Waals surface area contributed by atoms with Crippen molar-refractivity contribution in [2.24, 2.45) is 0 Å². The summed E-state index contributed by atoms with van der Waals surface area (Å²) in [6, 6.07) is 7.37.